The number of anilines is 2. The summed E-state index contributed by atoms with van der Waals surface area (Å²) in [6.45, 7) is 0.595. The second kappa shape index (κ2) is 14.3. The topological polar surface area (TPSA) is 169 Å². The fourth-order valence-electron chi connectivity index (χ4n) is 3.75. The molecular weight excluding hydrogens is 838 g/mol. The zero-order valence-electron chi connectivity index (χ0n) is 22.6. The quantitative estimate of drug-likeness (QED) is 0.119. The van der Waals surface area contributed by atoms with E-state index in [9.17, 15) is 0 Å². The number of aromatic nitrogens is 8. The molecule has 0 saturated heterocycles. The van der Waals surface area contributed by atoms with Gasteiger partial charge < -0.3 is 30.5 Å². The number of nitrogens with two attached hydrogens (primary N) is 2. The predicted molar refractivity (Wildman–Crippen MR) is 186 cm³/mol. The van der Waals surface area contributed by atoms with E-state index in [0.29, 0.717) is 46.4 Å². The number of H-pyrrole nitrogens is 1. The monoisotopic (exact) mass is 860 g/mol. The van der Waals surface area contributed by atoms with Crippen molar-refractivity contribution in [1.82, 2.24) is 39.5 Å². The van der Waals surface area contributed by atoms with Crippen molar-refractivity contribution in [2.24, 2.45) is 0 Å². The zero-order valence-corrected chi connectivity index (χ0v) is 29.3. The number of nitrogen functional groups attached to an aromatic ring is 2. The Morgan fingerprint density at radius 3 is 2.12 bits per heavy atom. The van der Waals surface area contributed by atoms with Crippen LogP contribution in [0.15, 0.2) is 69.2 Å². The van der Waals surface area contributed by atoms with Gasteiger partial charge >= 0.3 is 0 Å². The molecule has 222 valence electrons. The molecule has 12 nitrogen and oxygen atoms in total. The molecular formula is C26H23ClI2N10O2S2. The Kier molecular flexibility index (Phi) is 10.5. The lowest BCUT2D eigenvalue weighted by Gasteiger charge is -2.08. The van der Waals surface area contributed by atoms with Crippen LogP contribution in [-0.4, -0.2) is 59.6 Å². The Balaban J connectivity index is 0.000000173. The third-order valence-electron chi connectivity index (χ3n) is 5.81. The van der Waals surface area contributed by atoms with Crippen LogP contribution in [0.1, 0.15) is 0 Å². The molecule has 0 radical (unpaired) electrons. The normalized spacial score (nSPS) is 11.0. The lowest BCUT2D eigenvalue weighted by atomic mass is 10.3. The molecule has 0 aliphatic rings. The maximum Gasteiger partial charge on any atom is 0.183 e. The van der Waals surface area contributed by atoms with Gasteiger partial charge in [-0.25, -0.2) is 29.9 Å². The molecule has 6 rings (SSSR count). The highest BCUT2D eigenvalue weighted by Gasteiger charge is 2.17. The molecule has 4 aromatic heterocycles. The smallest absolute Gasteiger partial charge is 0.183 e. The first-order chi connectivity index (χ1) is 20.8. The number of aromatic amines is 1. The minimum atomic E-state index is 0.366. The minimum absolute atomic E-state index is 0.366. The summed E-state index contributed by atoms with van der Waals surface area (Å²) >= 11 is 13.5. The Morgan fingerprint density at radius 2 is 1.49 bits per heavy atom. The molecule has 5 N–H and O–H groups in total. The van der Waals surface area contributed by atoms with Crippen LogP contribution in [0.3, 0.4) is 0 Å². The molecule has 0 aliphatic carbocycles. The number of alkyl halides is 1. The maximum atomic E-state index is 5.93. The van der Waals surface area contributed by atoms with Crippen LogP contribution in [0, 0.1) is 7.14 Å². The lowest BCUT2D eigenvalue weighted by molar-refractivity contribution is 0.413. The van der Waals surface area contributed by atoms with E-state index in [-0.39, 0.29) is 0 Å². The molecule has 0 aliphatic heterocycles. The van der Waals surface area contributed by atoms with Gasteiger partial charge in [-0.15, -0.1) is 11.6 Å². The summed E-state index contributed by atoms with van der Waals surface area (Å²) in [5.41, 5.74) is 14.2. The molecule has 0 amide bonds. The first kappa shape index (κ1) is 31.6. The molecule has 2 aromatic carbocycles. The van der Waals surface area contributed by atoms with E-state index in [1.165, 1.54) is 36.2 Å². The number of nitrogens with one attached hydrogen (secondary N) is 1. The van der Waals surface area contributed by atoms with Gasteiger partial charge in [-0.05, 0) is 81.6 Å². The molecule has 0 unspecified atom stereocenters. The van der Waals surface area contributed by atoms with Crippen LogP contribution < -0.4 is 20.9 Å². The second-order valence-electron chi connectivity index (χ2n) is 8.46. The van der Waals surface area contributed by atoms with E-state index in [0.717, 1.165) is 38.7 Å². The molecule has 43 heavy (non-hydrogen) atoms. The zero-order chi connectivity index (χ0) is 30.5. The van der Waals surface area contributed by atoms with Gasteiger partial charge in [-0.3, -0.25) is 0 Å². The van der Waals surface area contributed by atoms with E-state index in [1.807, 2.05) is 41.0 Å². The predicted octanol–water partition coefficient (Wildman–Crippen LogP) is 6.11. The van der Waals surface area contributed by atoms with Crippen molar-refractivity contribution < 1.29 is 9.47 Å². The van der Waals surface area contributed by atoms with Crippen molar-refractivity contribution in [2.45, 2.75) is 26.6 Å². The standard InChI is InChI=1S/C14H13ClIN5OS.C12H10IN5OS/c1-22-8-2-3-9(16)10(6-8)23-14-20-11-12(17)18-7-19-13(11)21(14)5-4-15;1-19-6-2-3-7(13)8(4-6)20-12-17-9-10(14)15-5-16-11(9)18-12/h2-3,6-7H,4-5H2,1H3,(H2,17,18,19);2-5H,1H3,(H3,14,15,16,17,18). The van der Waals surface area contributed by atoms with E-state index in [4.69, 9.17) is 32.5 Å². The van der Waals surface area contributed by atoms with Gasteiger partial charge in [0.1, 0.15) is 29.7 Å². The largest absolute Gasteiger partial charge is 0.497 e. The van der Waals surface area contributed by atoms with E-state index in [2.05, 4.69) is 80.1 Å². The third kappa shape index (κ3) is 7.30. The third-order valence-corrected chi connectivity index (χ3v) is 10.6. The maximum absolute atomic E-state index is 5.93. The average Bonchev–Trinajstić information content (AvgIpc) is 3.58. The SMILES string of the molecule is COc1ccc(I)c(Sc2nc3c(N)ncnc3n2CCCl)c1.COc1ccc(I)c(Sc2nc3ncnc(N)c3[nH]2)c1. The Labute approximate surface area is 286 Å². The highest BCUT2D eigenvalue weighted by molar-refractivity contribution is 14.1. The molecule has 0 saturated carbocycles. The van der Waals surface area contributed by atoms with Crippen molar-refractivity contribution in [2.75, 3.05) is 31.6 Å². The molecule has 0 fully saturated rings. The average molecular weight is 861 g/mol. The highest BCUT2D eigenvalue weighted by Crippen LogP contribution is 2.36. The van der Waals surface area contributed by atoms with E-state index < -0.39 is 0 Å². The summed E-state index contributed by atoms with van der Waals surface area (Å²) in [5, 5.41) is 1.50. The number of hydrogen-bond donors (Lipinski definition) is 3. The van der Waals surface area contributed by atoms with Crippen molar-refractivity contribution in [3.63, 3.8) is 0 Å². The van der Waals surface area contributed by atoms with Crippen LogP contribution in [-0.2, 0) is 6.54 Å². The first-order valence-corrected chi connectivity index (χ1v) is 16.6. The number of hydrogen-bond acceptors (Lipinski definition) is 12. The summed E-state index contributed by atoms with van der Waals surface area (Å²) in [7, 11) is 3.30. The summed E-state index contributed by atoms with van der Waals surface area (Å²) < 4.78 is 14.7. The molecule has 0 bridgehead atoms. The number of methoxy groups -OCH3 is 2. The van der Waals surface area contributed by atoms with Crippen LogP contribution in [0.4, 0.5) is 11.6 Å². The number of nitrogens with zero attached hydrogens (tertiary/aromatic N) is 7. The Morgan fingerprint density at radius 1 is 0.860 bits per heavy atom. The summed E-state index contributed by atoms with van der Waals surface area (Å²) in [6.07, 6.45) is 2.84. The molecule has 0 atom stereocenters. The number of imidazole rings is 2. The van der Waals surface area contributed by atoms with Gasteiger partial charge in [0.15, 0.2) is 38.8 Å². The number of benzene rings is 2. The van der Waals surface area contributed by atoms with Gasteiger partial charge in [0.05, 0.1) is 14.2 Å². The molecule has 4 heterocycles. The van der Waals surface area contributed by atoms with Gasteiger partial charge in [0.2, 0.25) is 0 Å². The van der Waals surface area contributed by atoms with Crippen LogP contribution in [0.5, 0.6) is 11.5 Å². The van der Waals surface area contributed by atoms with Gasteiger partial charge in [0, 0.05) is 29.4 Å². The van der Waals surface area contributed by atoms with Crippen molar-refractivity contribution >= 4 is 114 Å². The van der Waals surface area contributed by atoms with Crippen molar-refractivity contribution in [1.29, 1.82) is 0 Å². The number of fused-ring (bicyclic) bond motifs is 2. The first-order valence-electron chi connectivity index (χ1n) is 12.3. The Hall–Kier alpha value is -2.81. The Bertz CT molecular complexity index is 1910. The van der Waals surface area contributed by atoms with Crippen LogP contribution in [0.25, 0.3) is 22.3 Å². The summed E-state index contributed by atoms with van der Waals surface area (Å²) in [4.78, 5) is 30.5. The van der Waals surface area contributed by atoms with E-state index in [1.54, 1.807) is 14.2 Å². The van der Waals surface area contributed by atoms with Crippen LogP contribution >= 0.6 is 80.3 Å². The summed E-state index contributed by atoms with van der Waals surface area (Å²) in [6, 6.07) is 11.8. The summed E-state index contributed by atoms with van der Waals surface area (Å²) in [5.74, 6) is 2.83. The fraction of sp³-hybridized carbons (Fsp3) is 0.154. The van der Waals surface area contributed by atoms with Gasteiger partial charge in [-0.2, -0.15) is 0 Å². The molecule has 6 aromatic rings. The van der Waals surface area contributed by atoms with Crippen LogP contribution in [0.2, 0.25) is 0 Å². The number of halogens is 3. The number of ether oxygens (including phenoxy) is 2. The molecule has 17 heteroatoms. The van der Waals surface area contributed by atoms with Crippen molar-refractivity contribution in [3.8, 4) is 11.5 Å². The van der Waals surface area contributed by atoms with E-state index >= 15 is 0 Å². The number of rotatable bonds is 8. The lowest BCUT2D eigenvalue weighted by Crippen LogP contribution is -2.02. The highest BCUT2D eigenvalue weighted by atomic mass is 127. The molecule has 0 spiro atoms. The van der Waals surface area contributed by atoms with Gasteiger partial charge in [-0.1, -0.05) is 23.5 Å². The second-order valence-corrected chi connectivity index (χ2v) is 13.2. The minimum Gasteiger partial charge on any atom is -0.497 e. The van der Waals surface area contributed by atoms with Gasteiger partial charge in [0.25, 0.3) is 0 Å². The van der Waals surface area contributed by atoms with Crippen molar-refractivity contribution in [3.05, 3.63) is 56.2 Å². The number of aryl methyl sites for hydroxylation is 1. The fourth-order valence-corrected chi connectivity index (χ4v) is 7.05.